The molecular weight excluding hydrogens is 300 g/mol. The van der Waals surface area contributed by atoms with Gasteiger partial charge in [0.05, 0.1) is 4.90 Å². The van der Waals surface area contributed by atoms with Gasteiger partial charge in [0.2, 0.25) is 10.0 Å². The highest BCUT2D eigenvalue weighted by Gasteiger charge is 2.16. The minimum absolute atomic E-state index is 0.201. The van der Waals surface area contributed by atoms with Crippen molar-refractivity contribution in [1.29, 1.82) is 0 Å². The van der Waals surface area contributed by atoms with E-state index in [0.717, 1.165) is 22.2 Å². The van der Waals surface area contributed by atoms with Crippen molar-refractivity contribution in [3.63, 3.8) is 0 Å². The number of rotatable bonds is 4. The summed E-state index contributed by atoms with van der Waals surface area (Å²) >= 11 is 0. The summed E-state index contributed by atoms with van der Waals surface area (Å²) in [6.07, 6.45) is 1.37. The van der Waals surface area contributed by atoms with Gasteiger partial charge in [-0.05, 0) is 43.2 Å². The van der Waals surface area contributed by atoms with Crippen LogP contribution >= 0.6 is 0 Å². The number of hydrogen-bond donors (Lipinski definition) is 1. The summed E-state index contributed by atoms with van der Waals surface area (Å²) in [5.74, 6) is 0. The predicted molar refractivity (Wildman–Crippen MR) is 84.0 cm³/mol. The van der Waals surface area contributed by atoms with Crippen molar-refractivity contribution in [2.24, 2.45) is 0 Å². The third-order valence-corrected chi connectivity index (χ3v) is 5.04. The smallest absolute Gasteiger partial charge is 0.241 e. The van der Waals surface area contributed by atoms with Gasteiger partial charge in [-0.25, -0.2) is 18.1 Å². The lowest BCUT2D eigenvalue weighted by Gasteiger charge is -2.10. The van der Waals surface area contributed by atoms with Crippen LogP contribution in [0.25, 0.3) is 11.1 Å². The van der Waals surface area contributed by atoms with E-state index in [1.807, 2.05) is 19.1 Å². The van der Waals surface area contributed by atoms with Gasteiger partial charge in [-0.15, -0.1) is 0 Å². The number of nitrogens with one attached hydrogen (secondary N) is 1. The zero-order valence-electron chi connectivity index (χ0n) is 12.3. The molecule has 0 radical (unpaired) electrons. The van der Waals surface area contributed by atoms with E-state index in [0.29, 0.717) is 10.5 Å². The van der Waals surface area contributed by atoms with Crippen LogP contribution in [0, 0.1) is 13.8 Å². The quantitative estimate of drug-likeness (QED) is 0.803. The van der Waals surface area contributed by atoms with Gasteiger partial charge >= 0.3 is 0 Å². The van der Waals surface area contributed by atoms with Crippen molar-refractivity contribution in [2.75, 3.05) is 0 Å². The lowest BCUT2D eigenvalue weighted by Crippen LogP contribution is -2.24. The minimum atomic E-state index is -3.54. The van der Waals surface area contributed by atoms with Crippen molar-refractivity contribution in [3.8, 4) is 0 Å². The van der Waals surface area contributed by atoms with Crippen LogP contribution in [0.1, 0.15) is 16.7 Å². The minimum Gasteiger partial charge on any atom is -0.443 e. The molecule has 0 spiro atoms. The molecule has 0 aliphatic heterocycles. The fraction of sp³-hybridized carbons (Fsp3) is 0.188. The number of aryl methyl sites for hydroxylation is 2. The summed E-state index contributed by atoms with van der Waals surface area (Å²) in [6, 6.07) is 10.7. The van der Waals surface area contributed by atoms with E-state index in [2.05, 4.69) is 9.71 Å². The molecule has 0 amide bonds. The van der Waals surface area contributed by atoms with Gasteiger partial charge in [0, 0.05) is 6.54 Å². The van der Waals surface area contributed by atoms with Crippen molar-refractivity contribution in [2.45, 2.75) is 25.3 Å². The molecule has 1 N–H and O–H groups in total. The lowest BCUT2D eigenvalue weighted by atomic mass is 10.2. The maximum atomic E-state index is 12.4. The maximum absolute atomic E-state index is 12.4. The Balaban J connectivity index is 1.82. The first kappa shape index (κ1) is 14.7. The molecule has 6 heteroatoms. The van der Waals surface area contributed by atoms with E-state index in [-0.39, 0.29) is 6.54 Å². The van der Waals surface area contributed by atoms with Crippen LogP contribution in [0.2, 0.25) is 0 Å². The van der Waals surface area contributed by atoms with Crippen molar-refractivity contribution in [1.82, 2.24) is 9.71 Å². The summed E-state index contributed by atoms with van der Waals surface area (Å²) in [5.41, 5.74) is 3.98. The fourth-order valence-electron chi connectivity index (χ4n) is 2.37. The SMILES string of the molecule is Cc1ccc(S(=O)(=O)NCc2ccc3ncoc3c2)c(C)c1. The van der Waals surface area contributed by atoms with Gasteiger partial charge in [0.15, 0.2) is 12.0 Å². The van der Waals surface area contributed by atoms with Crippen LogP contribution in [0.5, 0.6) is 0 Å². The summed E-state index contributed by atoms with van der Waals surface area (Å²) in [7, 11) is -3.54. The zero-order valence-corrected chi connectivity index (χ0v) is 13.1. The van der Waals surface area contributed by atoms with Gasteiger partial charge in [-0.3, -0.25) is 0 Å². The highest BCUT2D eigenvalue weighted by molar-refractivity contribution is 7.89. The van der Waals surface area contributed by atoms with E-state index >= 15 is 0 Å². The standard InChI is InChI=1S/C16H16N2O3S/c1-11-3-6-16(12(2)7-11)22(19,20)18-9-13-4-5-14-15(8-13)21-10-17-14/h3-8,10,18H,9H2,1-2H3. The summed E-state index contributed by atoms with van der Waals surface area (Å²) in [6.45, 7) is 3.93. The Morgan fingerprint density at radius 2 is 1.95 bits per heavy atom. The first-order chi connectivity index (χ1) is 10.5. The summed E-state index contributed by atoms with van der Waals surface area (Å²) < 4.78 is 32.6. The van der Waals surface area contributed by atoms with Gasteiger partial charge in [-0.1, -0.05) is 23.8 Å². The Labute approximate surface area is 129 Å². The maximum Gasteiger partial charge on any atom is 0.241 e. The molecule has 0 saturated heterocycles. The second-order valence-electron chi connectivity index (χ2n) is 5.25. The number of fused-ring (bicyclic) bond motifs is 1. The van der Waals surface area contributed by atoms with Crippen LogP contribution < -0.4 is 4.72 Å². The number of hydrogen-bond acceptors (Lipinski definition) is 4. The molecule has 0 saturated carbocycles. The van der Waals surface area contributed by atoms with Crippen LogP contribution in [-0.4, -0.2) is 13.4 Å². The third-order valence-electron chi connectivity index (χ3n) is 3.48. The molecule has 0 aliphatic rings. The molecule has 0 atom stereocenters. The third kappa shape index (κ3) is 2.88. The predicted octanol–water partition coefficient (Wildman–Crippen LogP) is 2.92. The highest BCUT2D eigenvalue weighted by Crippen LogP contribution is 2.18. The molecule has 1 heterocycles. The van der Waals surface area contributed by atoms with Gasteiger partial charge in [-0.2, -0.15) is 0 Å². The molecule has 0 fully saturated rings. The molecule has 0 unspecified atom stereocenters. The second kappa shape index (κ2) is 5.55. The number of nitrogens with zero attached hydrogens (tertiary/aromatic N) is 1. The fourth-order valence-corrected chi connectivity index (χ4v) is 3.61. The molecule has 114 valence electrons. The van der Waals surface area contributed by atoms with E-state index in [4.69, 9.17) is 4.42 Å². The average molecular weight is 316 g/mol. The van der Waals surface area contributed by atoms with Crippen LogP contribution in [0.4, 0.5) is 0 Å². The molecule has 22 heavy (non-hydrogen) atoms. The number of benzene rings is 2. The molecule has 3 rings (SSSR count). The number of sulfonamides is 1. The van der Waals surface area contributed by atoms with E-state index in [1.54, 1.807) is 31.2 Å². The molecule has 0 aliphatic carbocycles. The average Bonchev–Trinajstić information content (AvgIpc) is 2.92. The first-order valence-electron chi connectivity index (χ1n) is 6.85. The van der Waals surface area contributed by atoms with Crippen LogP contribution in [-0.2, 0) is 16.6 Å². The first-order valence-corrected chi connectivity index (χ1v) is 8.33. The van der Waals surface area contributed by atoms with E-state index in [9.17, 15) is 8.42 Å². The monoisotopic (exact) mass is 316 g/mol. The lowest BCUT2D eigenvalue weighted by molar-refractivity contribution is 0.580. The zero-order chi connectivity index (χ0) is 15.7. The number of aromatic nitrogens is 1. The van der Waals surface area contributed by atoms with Gasteiger partial charge in [0.1, 0.15) is 5.52 Å². The summed E-state index contributed by atoms with van der Waals surface area (Å²) in [4.78, 5) is 4.34. The molecule has 0 bridgehead atoms. The Kier molecular flexibility index (Phi) is 3.72. The van der Waals surface area contributed by atoms with Crippen molar-refractivity contribution >= 4 is 21.1 Å². The molecule has 5 nitrogen and oxygen atoms in total. The van der Waals surface area contributed by atoms with E-state index < -0.39 is 10.0 Å². The Morgan fingerprint density at radius 1 is 1.14 bits per heavy atom. The van der Waals surface area contributed by atoms with Crippen LogP contribution in [0.3, 0.4) is 0 Å². The highest BCUT2D eigenvalue weighted by atomic mass is 32.2. The largest absolute Gasteiger partial charge is 0.443 e. The molecule has 1 aromatic heterocycles. The second-order valence-corrected chi connectivity index (χ2v) is 6.98. The topological polar surface area (TPSA) is 72.2 Å². The normalized spacial score (nSPS) is 11.9. The van der Waals surface area contributed by atoms with Crippen molar-refractivity contribution < 1.29 is 12.8 Å². The van der Waals surface area contributed by atoms with Crippen LogP contribution in [0.15, 0.2) is 52.1 Å². The molecule has 2 aromatic carbocycles. The molecule has 3 aromatic rings. The van der Waals surface area contributed by atoms with Crippen molar-refractivity contribution in [3.05, 3.63) is 59.5 Å². The Bertz CT molecular complexity index is 929. The van der Waals surface area contributed by atoms with Gasteiger partial charge in [0.25, 0.3) is 0 Å². The Hall–Kier alpha value is -2.18. The number of oxazole rings is 1. The Morgan fingerprint density at radius 3 is 2.73 bits per heavy atom. The summed E-state index contributed by atoms with van der Waals surface area (Å²) in [5, 5.41) is 0. The molecular formula is C16H16N2O3S. The van der Waals surface area contributed by atoms with E-state index in [1.165, 1.54) is 6.39 Å². The van der Waals surface area contributed by atoms with Gasteiger partial charge < -0.3 is 4.42 Å².